The molecule has 0 aliphatic rings. The van der Waals surface area contributed by atoms with Crippen LogP contribution < -0.4 is 5.73 Å². The zero-order valence-electron chi connectivity index (χ0n) is 7.03. The summed E-state index contributed by atoms with van der Waals surface area (Å²) in [5, 5.41) is 12.6. The van der Waals surface area contributed by atoms with E-state index in [9.17, 15) is 4.79 Å². The summed E-state index contributed by atoms with van der Waals surface area (Å²) in [6, 6.07) is 0. The Morgan fingerprint density at radius 2 is 2.33 bits per heavy atom. The summed E-state index contributed by atoms with van der Waals surface area (Å²) in [6.45, 7) is 4.20. The molecule has 0 amide bonds. The highest BCUT2D eigenvalue weighted by Crippen LogP contribution is 2.14. The van der Waals surface area contributed by atoms with E-state index in [-0.39, 0.29) is 11.4 Å². The zero-order valence-corrected chi connectivity index (χ0v) is 7.03. The Balaban J connectivity index is 3.28. The molecule has 0 aliphatic heterocycles. The third-order valence-electron chi connectivity index (χ3n) is 1.75. The van der Waals surface area contributed by atoms with Crippen molar-refractivity contribution in [2.75, 3.05) is 5.73 Å². The predicted octanol–water partition coefficient (Wildman–Crippen LogP) is 0.492. The van der Waals surface area contributed by atoms with Crippen LogP contribution in [0.1, 0.15) is 23.0 Å². The number of aromatic carboxylic acids is 1. The first-order valence-corrected chi connectivity index (χ1v) is 3.64. The van der Waals surface area contributed by atoms with Crippen molar-refractivity contribution in [3.8, 4) is 0 Å². The highest BCUT2D eigenvalue weighted by Gasteiger charge is 2.17. The molecule has 1 heterocycles. The lowest BCUT2D eigenvalue weighted by Crippen LogP contribution is -2.02. The fourth-order valence-electron chi connectivity index (χ4n) is 1.14. The fraction of sp³-hybridized carbons (Fsp3) is 0.429. The van der Waals surface area contributed by atoms with Crippen LogP contribution in [0.25, 0.3) is 0 Å². The molecule has 0 saturated heterocycles. The second-order valence-corrected chi connectivity index (χ2v) is 2.47. The number of nitrogens with zero attached hydrogens (tertiary/aromatic N) is 2. The van der Waals surface area contributed by atoms with Gasteiger partial charge in [0, 0.05) is 6.54 Å². The molecule has 66 valence electrons. The van der Waals surface area contributed by atoms with Gasteiger partial charge < -0.3 is 10.8 Å². The first-order chi connectivity index (χ1) is 5.57. The number of hydrogen-bond donors (Lipinski definition) is 2. The summed E-state index contributed by atoms with van der Waals surface area (Å²) < 4.78 is 1.57. The molecule has 0 aromatic carbocycles. The Kier molecular flexibility index (Phi) is 2.03. The van der Waals surface area contributed by atoms with Crippen LogP contribution in [-0.2, 0) is 6.54 Å². The van der Waals surface area contributed by atoms with E-state index in [1.807, 2.05) is 6.92 Å². The van der Waals surface area contributed by atoms with Crippen molar-refractivity contribution >= 4 is 11.8 Å². The summed E-state index contributed by atoms with van der Waals surface area (Å²) in [7, 11) is 0. The van der Waals surface area contributed by atoms with E-state index in [1.165, 1.54) is 0 Å². The molecule has 1 aromatic rings. The summed E-state index contributed by atoms with van der Waals surface area (Å²) >= 11 is 0. The van der Waals surface area contributed by atoms with Crippen LogP contribution >= 0.6 is 0 Å². The molecule has 5 nitrogen and oxygen atoms in total. The SMILES string of the molecule is CCn1nc(N)c(C(=O)O)c1C. The van der Waals surface area contributed by atoms with Crippen LogP contribution in [0.4, 0.5) is 5.82 Å². The smallest absolute Gasteiger partial charge is 0.341 e. The molecule has 0 aliphatic carbocycles. The van der Waals surface area contributed by atoms with Crippen LogP contribution in [0.3, 0.4) is 0 Å². The van der Waals surface area contributed by atoms with Crippen molar-refractivity contribution in [1.82, 2.24) is 9.78 Å². The quantitative estimate of drug-likeness (QED) is 0.675. The first-order valence-electron chi connectivity index (χ1n) is 3.64. The summed E-state index contributed by atoms with van der Waals surface area (Å²) in [5.41, 5.74) is 6.11. The third kappa shape index (κ3) is 1.13. The number of carbonyl (C=O) groups is 1. The molecule has 0 fully saturated rings. The standard InChI is InChI=1S/C7H11N3O2/c1-3-10-4(2)5(7(11)12)6(8)9-10/h3H2,1-2H3,(H2,8,9)(H,11,12). The molecular formula is C7H11N3O2. The molecule has 3 N–H and O–H groups in total. The van der Waals surface area contributed by atoms with Gasteiger partial charge in [0.15, 0.2) is 5.82 Å². The van der Waals surface area contributed by atoms with Crippen LogP contribution in [0.2, 0.25) is 0 Å². The van der Waals surface area contributed by atoms with E-state index in [4.69, 9.17) is 10.8 Å². The van der Waals surface area contributed by atoms with Crippen molar-refractivity contribution in [2.24, 2.45) is 0 Å². The molecule has 0 saturated carbocycles. The number of hydrogen-bond acceptors (Lipinski definition) is 3. The van der Waals surface area contributed by atoms with Crippen LogP contribution in [-0.4, -0.2) is 20.9 Å². The predicted molar refractivity (Wildman–Crippen MR) is 44.0 cm³/mol. The van der Waals surface area contributed by atoms with Crippen molar-refractivity contribution in [2.45, 2.75) is 20.4 Å². The Morgan fingerprint density at radius 1 is 1.75 bits per heavy atom. The lowest BCUT2D eigenvalue weighted by molar-refractivity contribution is 0.0697. The van der Waals surface area contributed by atoms with Gasteiger partial charge in [0.05, 0.1) is 5.69 Å². The normalized spacial score (nSPS) is 10.2. The second-order valence-electron chi connectivity index (χ2n) is 2.47. The number of rotatable bonds is 2. The summed E-state index contributed by atoms with van der Waals surface area (Å²) in [4.78, 5) is 10.6. The minimum atomic E-state index is -1.02. The molecule has 0 unspecified atom stereocenters. The summed E-state index contributed by atoms with van der Waals surface area (Å²) in [5.74, 6) is -0.938. The number of nitrogen functional groups attached to an aromatic ring is 1. The first kappa shape index (κ1) is 8.58. The minimum absolute atomic E-state index is 0.0850. The molecule has 0 radical (unpaired) electrons. The van der Waals surface area contributed by atoms with Gasteiger partial charge in [0.1, 0.15) is 5.56 Å². The Labute approximate surface area is 69.8 Å². The van der Waals surface area contributed by atoms with E-state index in [0.29, 0.717) is 12.2 Å². The number of carboxylic acid groups (broad SMARTS) is 1. The molecular weight excluding hydrogens is 158 g/mol. The largest absolute Gasteiger partial charge is 0.477 e. The Bertz CT molecular complexity index is 317. The molecule has 5 heteroatoms. The number of aromatic nitrogens is 2. The third-order valence-corrected chi connectivity index (χ3v) is 1.75. The Hall–Kier alpha value is -1.52. The van der Waals surface area contributed by atoms with E-state index < -0.39 is 5.97 Å². The number of nitrogens with two attached hydrogens (primary N) is 1. The maximum absolute atomic E-state index is 10.6. The van der Waals surface area contributed by atoms with Crippen molar-refractivity contribution in [3.63, 3.8) is 0 Å². The van der Waals surface area contributed by atoms with E-state index in [0.717, 1.165) is 0 Å². The monoisotopic (exact) mass is 169 g/mol. The van der Waals surface area contributed by atoms with Gasteiger partial charge in [-0.3, -0.25) is 4.68 Å². The molecule has 1 rings (SSSR count). The van der Waals surface area contributed by atoms with Gasteiger partial charge >= 0.3 is 5.97 Å². The molecule has 0 spiro atoms. The average molecular weight is 169 g/mol. The number of aryl methyl sites for hydroxylation is 1. The zero-order chi connectivity index (χ0) is 9.30. The minimum Gasteiger partial charge on any atom is -0.477 e. The molecule has 1 aromatic heterocycles. The van der Waals surface area contributed by atoms with Crippen LogP contribution in [0, 0.1) is 6.92 Å². The van der Waals surface area contributed by atoms with Crippen LogP contribution in [0.15, 0.2) is 0 Å². The highest BCUT2D eigenvalue weighted by molar-refractivity contribution is 5.93. The Morgan fingerprint density at radius 3 is 2.58 bits per heavy atom. The summed E-state index contributed by atoms with van der Waals surface area (Å²) in [6.07, 6.45) is 0. The van der Waals surface area contributed by atoms with E-state index in [2.05, 4.69) is 5.10 Å². The topological polar surface area (TPSA) is 81.1 Å². The van der Waals surface area contributed by atoms with Crippen molar-refractivity contribution in [1.29, 1.82) is 0 Å². The van der Waals surface area contributed by atoms with Gasteiger partial charge in [-0.1, -0.05) is 0 Å². The van der Waals surface area contributed by atoms with E-state index >= 15 is 0 Å². The maximum atomic E-state index is 10.6. The van der Waals surface area contributed by atoms with Gasteiger partial charge in [-0.25, -0.2) is 4.79 Å². The van der Waals surface area contributed by atoms with E-state index in [1.54, 1.807) is 11.6 Å². The average Bonchev–Trinajstić information content (AvgIpc) is 2.25. The maximum Gasteiger partial charge on any atom is 0.341 e. The highest BCUT2D eigenvalue weighted by atomic mass is 16.4. The van der Waals surface area contributed by atoms with Gasteiger partial charge in [-0.05, 0) is 13.8 Å². The lowest BCUT2D eigenvalue weighted by atomic mass is 10.2. The fourth-order valence-corrected chi connectivity index (χ4v) is 1.14. The number of carboxylic acids is 1. The van der Waals surface area contributed by atoms with Crippen LogP contribution in [0.5, 0.6) is 0 Å². The van der Waals surface area contributed by atoms with Gasteiger partial charge in [-0.2, -0.15) is 5.10 Å². The molecule has 0 bridgehead atoms. The molecule has 0 atom stereocenters. The van der Waals surface area contributed by atoms with Gasteiger partial charge in [0.25, 0.3) is 0 Å². The lowest BCUT2D eigenvalue weighted by Gasteiger charge is -1.97. The van der Waals surface area contributed by atoms with Gasteiger partial charge in [-0.15, -0.1) is 0 Å². The van der Waals surface area contributed by atoms with Crippen molar-refractivity contribution < 1.29 is 9.90 Å². The number of anilines is 1. The second kappa shape index (κ2) is 2.84. The molecule has 12 heavy (non-hydrogen) atoms. The van der Waals surface area contributed by atoms with Crippen molar-refractivity contribution in [3.05, 3.63) is 11.3 Å². The van der Waals surface area contributed by atoms with Gasteiger partial charge in [0.2, 0.25) is 0 Å².